The van der Waals surface area contributed by atoms with E-state index in [0.29, 0.717) is 12.0 Å². The average Bonchev–Trinajstić information content (AvgIpc) is 3.84. The van der Waals surface area contributed by atoms with Gasteiger partial charge in [-0.3, -0.25) is 0 Å². The number of aromatic amines is 1. The molecule has 1 N–H and O–H groups in total. The Balaban J connectivity index is 1.04. The second-order valence-electron chi connectivity index (χ2n) is 15.9. The van der Waals surface area contributed by atoms with Crippen LogP contribution in [0.2, 0.25) is 26.2 Å². The maximum absolute atomic E-state index is 4.78. The average molecular weight is 670 g/mol. The summed E-state index contributed by atoms with van der Waals surface area (Å²) in [7, 11) is -3.81. The molecular weight excluding hydrogens is 631 g/mol. The van der Waals surface area contributed by atoms with Gasteiger partial charge in [0.1, 0.15) is 16.1 Å². The van der Waals surface area contributed by atoms with Gasteiger partial charge in [-0.2, -0.15) is 0 Å². The van der Waals surface area contributed by atoms with Crippen LogP contribution in [0, 0.1) is 0 Å². The van der Waals surface area contributed by atoms with Crippen molar-refractivity contribution in [2.75, 3.05) is 4.90 Å². The molecule has 1 saturated carbocycles. The Hall–Kier alpha value is -4.73. The van der Waals surface area contributed by atoms with Crippen LogP contribution in [0.5, 0.6) is 0 Å². The summed E-state index contributed by atoms with van der Waals surface area (Å²) < 4.78 is 2.50. The maximum atomic E-state index is 4.78. The lowest BCUT2D eigenvalue weighted by molar-refractivity contribution is 0.402. The minimum absolute atomic E-state index is 0.555. The molecule has 1 fully saturated rings. The van der Waals surface area contributed by atoms with Crippen molar-refractivity contribution < 1.29 is 0 Å². The quantitative estimate of drug-likeness (QED) is 0.192. The first-order valence-electron chi connectivity index (χ1n) is 18.0. The maximum Gasteiger partial charge on any atom is 0.161 e. The van der Waals surface area contributed by atoms with Crippen LogP contribution in [0.15, 0.2) is 97.1 Å². The van der Waals surface area contributed by atoms with Gasteiger partial charge in [0.2, 0.25) is 0 Å². The highest BCUT2D eigenvalue weighted by Gasteiger charge is 2.48. The normalized spacial score (nSPS) is 20.6. The molecule has 2 atom stereocenters. The van der Waals surface area contributed by atoms with E-state index >= 15 is 0 Å². The molecule has 7 aromatic rings. The molecule has 0 bridgehead atoms. The van der Waals surface area contributed by atoms with Crippen molar-refractivity contribution >= 4 is 70.1 Å². The van der Waals surface area contributed by atoms with Gasteiger partial charge >= 0.3 is 0 Å². The zero-order valence-corrected chi connectivity index (χ0v) is 30.5. The summed E-state index contributed by atoms with van der Waals surface area (Å²) in [6.07, 6.45) is 5.23. The molecule has 2 unspecified atom stereocenters. The molecule has 7 heteroatoms. The summed E-state index contributed by atoms with van der Waals surface area (Å²) in [6.45, 7) is 10.1. The Morgan fingerprint density at radius 1 is 0.633 bits per heavy atom. The first-order valence-corrected chi connectivity index (χ1v) is 24.0. The molecule has 49 heavy (non-hydrogen) atoms. The van der Waals surface area contributed by atoms with Crippen LogP contribution < -0.4 is 25.6 Å². The van der Waals surface area contributed by atoms with Gasteiger partial charge in [-0.05, 0) is 57.4 Å². The van der Waals surface area contributed by atoms with E-state index in [0.717, 1.165) is 22.8 Å². The van der Waals surface area contributed by atoms with E-state index in [9.17, 15) is 0 Å². The van der Waals surface area contributed by atoms with Crippen LogP contribution in [0.25, 0.3) is 50.3 Å². The molecule has 5 nitrogen and oxygen atoms in total. The molecule has 0 spiro atoms. The zero-order valence-electron chi connectivity index (χ0n) is 28.5. The van der Waals surface area contributed by atoms with Gasteiger partial charge in [0.15, 0.2) is 11.6 Å². The number of aromatic nitrogens is 4. The van der Waals surface area contributed by atoms with Crippen LogP contribution in [0.4, 0.5) is 11.4 Å². The van der Waals surface area contributed by atoms with Gasteiger partial charge in [-0.1, -0.05) is 118 Å². The van der Waals surface area contributed by atoms with Gasteiger partial charge in [0, 0.05) is 50.9 Å². The van der Waals surface area contributed by atoms with Gasteiger partial charge in [-0.15, -0.1) is 10.2 Å². The third kappa shape index (κ3) is 3.54. The first kappa shape index (κ1) is 28.1. The third-order valence-corrected chi connectivity index (χ3v) is 19.7. The van der Waals surface area contributed by atoms with E-state index in [1.165, 1.54) is 74.9 Å². The fourth-order valence-corrected chi connectivity index (χ4v) is 16.2. The highest BCUT2D eigenvalue weighted by atomic mass is 28.3. The number of H-pyrrole nitrogens is 1. The first-order chi connectivity index (χ1) is 23.8. The molecule has 5 aromatic carbocycles. The lowest BCUT2D eigenvalue weighted by Crippen LogP contribution is -2.59. The number of rotatable bonds is 2. The number of nitrogens with one attached hydrogen (secondary N) is 1. The van der Waals surface area contributed by atoms with E-state index in [2.05, 4.69) is 138 Å². The molecule has 0 amide bonds. The Kier molecular flexibility index (Phi) is 5.45. The van der Waals surface area contributed by atoms with E-state index in [4.69, 9.17) is 10.2 Å². The summed E-state index contributed by atoms with van der Waals surface area (Å²) in [5.41, 5.74) is 10.6. The highest BCUT2D eigenvalue weighted by molar-refractivity contribution is 7.03. The Morgan fingerprint density at radius 3 is 2.10 bits per heavy atom. The minimum Gasteiger partial charge on any atom is -0.338 e. The zero-order chi connectivity index (χ0) is 32.8. The topological polar surface area (TPSA) is 49.7 Å². The van der Waals surface area contributed by atoms with Gasteiger partial charge < -0.3 is 14.5 Å². The Morgan fingerprint density at radius 2 is 1.29 bits per heavy atom. The van der Waals surface area contributed by atoms with Gasteiger partial charge in [0.25, 0.3) is 0 Å². The predicted molar refractivity (Wildman–Crippen MR) is 209 cm³/mol. The lowest BCUT2D eigenvalue weighted by atomic mass is 9.82. The number of hydrogen-bond acceptors (Lipinski definition) is 3. The van der Waals surface area contributed by atoms with Crippen LogP contribution >= 0.6 is 0 Å². The summed E-state index contributed by atoms with van der Waals surface area (Å²) in [5, 5.41) is 18.3. The number of anilines is 2. The van der Waals surface area contributed by atoms with Gasteiger partial charge in [-0.25, -0.2) is 0 Å². The molecule has 11 rings (SSSR count). The monoisotopic (exact) mass is 669 g/mol. The summed E-state index contributed by atoms with van der Waals surface area (Å²) >= 11 is 0. The second kappa shape index (κ2) is 9.49. The number of fused-ring (bicyclic) bond motifs is 10. The molecule has 3 aliphatic heterocycles. The lowest BCUT2D eigenvalue weighted by Gasteiger charge is -2.42. The Bertz CT molecular complexity index is 2560. The van der Waals surface area contributed by atoms with E-state index in [1.54, 1.807) is 15.9 Å². The predicted octanol–water partition coefficient (Wildman–Crippen LogP) is 7.69. The fourth-order valence-electron chi connectivity index (χ4n) is 10.3. The molecule has 240 valence electrons. The van der Waals surface area contributed by atoms with E-state index < -0.39 is 16.1 Å². The smallest absolute Gasteiger partial charge is 0.161 e. The fraction of sp³-hybridized carbons (Fsp3) is 0.238. The van der Waals surface area contributed by atoms with Crippen LogP contribution in [0.3, 0.4) is 0 Å². The number of hydrogen-bond donors (Lipinski definition) is 1. The Labute approximate surface area is 288 Å². The molecule has 2 aromatic heterocycles. The van der Waals surface area contributed by atoms with Crippen molar-refractivity contribution in [2.45, 2.75) is 63.8 Å². The van der Waals surface area contributed by atoms with Gasteiger partial charge in [0.05, 0.1) is 11.0 Å². The van der Waals surface area contributed by atoms with Crippen molar-refractivity contribution in [2.24, 2.45) is 0 Å². The van der Waals surface area contributed by atoms with Crippen molar-refractivity contribution in [1.82, 2.24) is 19.7 Å². The summed E-state index contributed by atoms with van der Waals surface area (Å²) in [6, 6.07) is 37.6. The highest BCUT2D eigenvalue weighted by Crippen LogP contribution is 2.52. The number of nitrogens with zero attached hydrogens (tertiary/aromatic N) is 4. The number of para-hydroxylation sites is 3. The van der Waals surface area contributed by atoms with Crippen molar-refractivity contribution in [3.8, 4) is 28.5 Å². The molecule has 4 aliphatic rings. The SMILES string of the molecule is C[Si]1(C)c2ccc(-c3nnc(-c4ccc5c(c4)-n4c6ccccc6c6cccc(c64)[Si]5(C)C)[nH]3)cc2N2c3c(cccc31)C1CCCCC12. The largest absolute Gasteiger partial charge is 0.338 e. The van der Waals surface area contributed by atoms with E-state index in [1.807, 2.05) is 0 Å². The second-order valence-corrected chi connectivity index (χ2v) is 24.5. The molecule has 1 aliphatic carbocycles. The number of benzene rings is 5. The van der Waals surface area contributed by atoms with E-state index in [-0.39, 0.29) is 0 Å². The molecule has 5 heterocycles. The molecule has 0 saturated heterocycles. The van der Waals surface area contributed by atoms with Crippen molar-refractivity contribution in [1.29, 1.82) is 0 Å². The minimum atomic E-state index is -1.93. The van der Waals surface area contributed by atoms with Crippen molar-refractivity contribution in [3.63, 3.8) is 0 Å². The van der Waals surface area contributed by atoms with Crippen molar-refractivity contribution in [3.05, 3.63) is 103 Å². The van der Waals surface area contributed by atoms with Crippen LogP contribution in [-0.4, -0.2) is 41.9 Å². The molecule has 0 radical (unpaired) electrons. The summed E-state index contributed by atoms with van der Waals surface area (Å²) in [5.74, 6) is 2.29. The standard InChI is InChI=1S/C42H39N5Si2/c1-48(2)35-21-19-25(23-33(35)46-31-15-7-5-11-27(31)29-13-9-17-37(48)39(29)46)41-43-42(45-44-41)26-20-22-36-34(24-26)47-32-16-8-6-12-28(32)30-14-10-18-38(40(30)47)49(36,3)4/h5,7,9-11,13-15,17-24,28,32H,6,8,12,16H2,1-4H3,(H,43,44,45). The summed E-state index contributed by atoms with van der Waals surface area (Å²) in [4.78, 5) is 6.42. The molecular formula is C42H39N5Si2. The van der Waals surface area contributed by atoms with Crippen LogP contribution in [-0.2, 0) is 0 Å². The van der Waals surface area contributed by atoms with Crippen LogP contribution in [0.1, 0.15) is 37.2 Å². The third-order valence-electron chi connectivity index (χ3n) is 12.7.